The summed E-state index contributed by atoms with van der Waals surface area (Å²) < 4.78 is 7.63. The molecule has 4 rings (SSSR count). The van der Waals surface area contributed by atoms with Crippen LogP contribution in [0.15, 0.2) is 60.7 Å². The van der Waals surface area contributed by atoms with Crippen LogP contribution in [0, 0.1) is 13.8 Å². The second kappa shape index (κ2) is 9.45. The molecule has 0 radical (unpaired) electrons. The van der Waals surface area contributed by atoms with Gasteiger partial charge in [-0.2, -0.15) is 5.10 Å². The molecule has 0 N–H and O–H groups in total. The number of carbonyl (C=O) groups is 1. The first-order chi connectivity index (χ1) is 15.9. The number of ether oxygens (including phenoxy) is 1. The molecule has 6 heteroatoms. The molecule has 0 aliphatic carbocycles. The third-order valence-corrected chi connectivity index (χ3v) is 5.50. The smallest absolute Gasteiger partial charge is 0.231 e. The molecule has 2 aromatic carbocycles. The van der Waals surface area contributed by atoms with E-state index in [4.69, 9.17) is 14.8 Å². The minimum Gasteiger partial charge on any atom is -0.491 e. The standard InChI is InChI=1S/C27H30N4O2/c1-6-30(22-10-8-7-9-11-22)25(32)17-24-26(21-12-14-23(15-13-21)33-18(2)3)29-31-20(5)16-19(4)28-27(24)31/h7-16,18H,6,17H2,1-5H3. The van der Waals surface area contributed by atoms with Gasteiger partial charge in [0.05, 0.1) is 18.2 Å². The number of hydrogen-bond acceptors (Lipinski definition) is 4. The summed E-state index contributed by atoms with van der Waals surface area (Å²) in [5, 5.41) is 4.87. The van der Waals surface area contributed by atoms with Crippen LogP contribution in [0.25, 0.3) is 16.9 Å². The number of carbonyl (C=O) groups excluding carboxylic acids is 1. The van der Waals surface area contributed by atoms with Crippen molar-refractivity contribution in [3.05, 3.63) is 77.6 Å². The van der Waals surface area contributed by atoms with Crippen molar-refractivity contribution in [2.45, 2.75) is 47.1 Å². The number of hydrogen-bond donors (Lipinski definition) is 0. The lowest BCUT2D eigenvalue weighted by Gasteiger charge is -2.21. The van der Waals surface area contributed by atoms with E-state index < -0.39 is 0 Å². The first-order valence-corrected chi connectivity index (χ1v) is 11.4. The van der Waals surface area contributed by atoms with E-state index in [0.717, 1.165) is 45.3 Å². The second-order valence-corrected chi connectivity index (χ2v) is 8.44. The van der Waals surface area contributed by atoms with E-state index in [1.54, 1.807) is 4.90 Å². The fourth-order valence-electron chi connectivity index (χ4n) is 4.08. The predicted molar refractivity (Wildman–Crippen MR) is 132 cm³/mol. The number of para-hydroxylation sites is 1. The zero-order chi connectivity index (χ0) is 23.5. The van der Waals surface area contributed by atoms with Crippen LogP contribution in [0.3, 0.4) is 0 Å². The van der Waals surface area contributed by atoms with Crippen molar-refractivity contribution in [2.24, 2.45) is 0 Å². The van der Waals surface area contributed by atoms with Crippen molar-refractivity contribution < 1.29 is 9.53 Å². The van der Waals surface area contributed by atoms with Crippen molar-refractivity contribution in [3.8, 4) is 17.0 Å². The van der Waals surface area contributed by atoms with Crippen LogP contribution in [0.2, 0.25) is 0 Å². The molecule has 4 aromatic rings. The van der Waals surface area contributed by atoms with Crippen LogP contribution in [0.4, 0.5) is 5.69 Å². The topological polar surface area (TPSA) is 59.7 Å². The van der Waals surface area contributed by atoms with Crippen molar-refractivity contribution in [1.29, 1.82) is 0 Å². The van der Waals surface area contributed by atoms with Crippen LogP contribution in [-0.4, -0.2) is 33.2 Å². The Morgan fingerprint density at radius 2 is 1.76 bits per heavy atom. The summed E-state index contributed by atoms with van der Waals surface area (Å²) in [5.74, 6) is 0.821. The van der Waals surface area contributed by atoms with Crippen LogP contribution >= 0.6 is 0 Å². The van der Waals surface area contributed by atoms with Gasteiger partial charge in [-0.1, -0.05) is 18.2 Å². The Morgan fingerprint density at radius 3 is 2.39 bits per heavy atom. The van der Waals surface area contributed by atoms with E-state index in [1.165, 1.54) is 0 Å². The number of benzene rings is 2. The molecule has 170 valence electrons. The Balaban J connectivity index is 1.78. The Labute approximate surface area is 194 Å². The molecule has 6 nitrogen and oxygen atoms in total. The van der Waals surface area contributed by atoms with Gasteiger partial charge in [0.15, 0.2) is 5.65 Å². The number of aromatic nitrogens is 3. The van der Waals surface area contributed by atoms with E-state index in [0.29, 0.717) is 6.54 Å². The van der Waals surface area contributed by atoms with E-state index >= 15 is 0 Å². The number of nitrogens with zero attached hydrogens (tertiary/aromatic N) is 4. The van der Waals surface area contributed by atoms with E-state index in [1.807, 2.05) is 99.8 Å². The number of likely N-dealkylation sites (N-methyl/N-ethyl adjacent to an activating group) is 1. The Morgan fingerprint density at radius 1 is 1.06 bits per heavy atom. The zero-order valence-electron chi connectivity index (χ0n) is 19.9. The Hall–Kier alpha value is -3.67. The molecule has 0 saturated carbocycles. The minimum absolute atomic E-state index is 0.0144. The molecule has 0 bridgehead atoms. The van der Waals surface area contributed by atoms with Gasteiger partial charge in [-0.05, 0) is 77.1 Å². The number of anilines is 1. The lowest BCUT2D eigenvalue weighted by molar-refractivity contribution is -0.117. The molecular weight excluding hydrogens is 412 g/mol. The molecule has 0 unspecified atom stereocenters. The highest BCUT2D eigenvalue weighted by molar-refractivity contribution is 5.96. The summed E-state index contributed by atoms with van der Waals surface area (Å²) in [7, 11) is 0. The normalized spacial score (nSPS) is 11.2. The molecule has 0 spiro atoms. The monoisotopic (exact) mass is 442 g/mol. The molecule has 2 heterocycles. The third-order valence-electron chi connectivity index (χ3n) is 5.50. The maximum Gasteiger partial charge on any atom is 0.231 e. The SMILES string of the molecule is CCN(C(=O)Cc1c(-c2ccc(OC(C)C)cc2)nn2c(C)cc(C)nc12)c1ccccc1. The van der Waals surface area contributed by atoms with Crippen molar-refractivity contribution in [2.75, 3.05) is 11.4 Å². The Kier molecular flexibility index (Phi) is 6.45. The maximum absolute atomic E-state index is 13.5. The highest BCUT2D eigenvalue weighted by Gasteiger charge is 2.23. The van der Waals surface area contributed by atoms with Crippen LogP contribution in [0.5, 0.6) is 5.75 Å². The lowest BCUT2D eigenvalue weighted by atomic mass is 10.0. The molecule has 0 aliphatic rings. The summed E-state index contributed by atoms with van der Waals surface area (Å²) in [6.07, 6.45) is 0.314. The maximum atomic E-state index is 13.5. The molecule has 0 atom stereocenters. The molecule has 33 heavy (non-hydrogen) atoms. The highest BCUT2D eigenvalue weighted by atomic mass is 16.5. The predicted octanol–water partition coefficient (Wildman–Crippen LogP) is 5.40. The van der Waals surface area contributed by atoms with Gasteiger partial charge in [-0.3, -0.25) is 4.79 Å². The average Bonchev–Trinajstić information content (AvgIpc) is 3.13. The fourth-order valence-corrected chi connectivity index (χ4v) is 4.08. The molecule has 0 saturated heterocycles. The highest BCUT2D eigenvalue weighted by Crippen LogP contribution is 2.29. The van der Waals surface area contributed by atoms with Gasteiger partial charge < -0.3 is 9.64 Å². The fraction of sp³-hybridized carbons (Fsp3) is 0.296. The first-order valence-electron chi connectivity index (χ1n) is 11.4. The molecule has 0 aliphatic heterocycles. The van der Waals surface area contributed by atoms with Gasteiger partial charge in [0.25, 0.3) is 0 Å². The van der Waals surface area contributed by atoms with E-state index in [-0.39, 0.29) is 18.4 Å². The number of rotatable bonds is 7. The van der Waals surface area contributed by atoms with Gasteiger partial charge >= 0.3 is 0 Å². The largest absolute Gasteiger partial charge is 0.491 e. The second-order valence-electron chi connectivity index (χ2n) is 8.44. The third kappa shape index (κ3) is 4.75. The molecule has 2 aromatic heterocycles. The van der Waals surface area contributed by atoms with Gasteiger partial charge in [-0.15, -0.1) is 0 Å². The van der Waals surface area contributed by atoms with Gasteiger partial charge in [-0.25, -0.2) is 9.50 Å². The lowest BCUT2D eigenvalue weighted by Crippen LogP contribution is -2.32. The van der Waals surface area contributed by atoms with Crippen molar-refractivity contribution >= 4 is 17.2 Å². The van der Waals surface area contributed by atoms with Gasteiger partial charge in [0.1, 0.15) is 5.75 Å². The summed E-state index contributed by atoms with van der Waals surface area (Å²) in [6, 6.07) is 19.6. The zero-order valence-corrected chi connectivity index (χ0v) is 19.9. The van der Waals surface area contributed by atoms with E-state index in [2.05, 4.69) is 0 Å². The molecule has 0 fully saturated rings. The van der Waals surface area contributed by atoms with Gasteiger partial charge in [0, 0.05) is 34.7 Å². The first kappa shape index (κ1) is 22.5. The van der Waals surface area contributed by atoms with Crippen LogP contribution in [0.1, 0.15) is 37.7 Å². The summed E-state index contributed by atoms with van der Waals surface area (Å²) in [6.45, 7) is 10.6. The van der Waals surface area contributed by atoms with Crippen molar-refractivity contribution in [3.63, 3.8) is 0 Å². The summed E-state index contributed by atoms with van der Waals surface area (Å²) in [5.41, 5.74) is 6.02. The van der Waals surface area contributed by atoms with Crippen LogP contribution < -0.4 is 9.64 Å². The summed E-state index contributed by atoms with van der Waals surface area (Å²) in [4.78, 5) is 20.0. The molecular formula is C27H30N4O2. The average molecular weight is 443 g/mol. The molecule has 1 amide bonds. The van der Waals surface area contributed by atoms with Crippen LogP contribution in [-0.2, 0) is 11.2 Å². The van der Waals surface area contributed by atoms with Gasteiger partial charge in [0.2, 0.25) is 5.91 Å². The Bertz CT molecular complexity index is 1260. The number of fused-ring (bicyclic) bond motifs is 1. The quantitative estimate of drug-likeness (QED) is 0.385. The number of amides is 1. The number of aryl methyl sites for hydroxylation is 2. The van der Waals surface area contributed by atoms with Crippen molar-refractivity contribution in [1.82, 2.24) is 14.6 Å². The minimum atomic E-state index is 0.0144. The summed E-state index contributed by atoms with van der Waals surface area (Å²) >= 11 is 0. The van der Waals surface area contributed by atoms with E-state index in [9.17, 15) is 4.79 Å².